The van der Waals surface area contributed by atoms with Crippen LogP contribution in [0.3, 0.4) is 0 Å². The number of amides is 1. The molecule has 0 saturated heterocycles. The van der Waals surface area contributed by atoms with Crippen LogP contribution in [0.4, 0.5) is 11.6 Å². The van der Waals surface area contributed by atoms with Gasteiger partial charge in [0, 0.05) is 31.0 Å². The number of carbonyl (C=O) groups excluding carboxylic acids is 1. The van der Waals surface area contributed by atoms with Crippen LogP contribution < -0.4 is 16.4 Å². The number of rotatable bonds is 6. The lowest BCUT2D eigenvalue weighted by Crippen LogP contribution is -2.36. The number of nitrogens with one attached hydrogen (secondary N) is 2. The average Bonchev–Trinajstić information content (AvgIpc) is 2.29. The van der Waals surface area contributed by atoms with Crippen LogP contribution in [0.25, 0.3) is 0 Å². The van der Waals surface area contributed by atoms with E-state index in [9.17, 15) is 4.79 Å². The predicted molar refractivity (Wildman–Crippen MR) is 77.2 cm³/mol. The number of nitrogens with zero attached hydrogens (tertiary/aromatic N) is 2. The molecule has 6 nitrogen and oxygen atoms in total. The second-order valence-electron chi connectivity index (χ2n) is 5.22. The molecule has 106 valence electrons. The van der Waals surface area contributed by atoms with E-state index in [0.717, 1.165) is 29.4 Å². The molecule has 4 N–H and O–H groups in total. The molecule has 1 amide bonds. The second kappa shape index (κ2) is 5.86. The molecule has 0 atom stereocenters. The molecule has 0 aliphatic carbocycles. The second-order valence-corrected chi connectivity index (χ2v) is 5.22. The fourth-order valence-corrected chi connectivity index (χ4v) is 1.89. The van der Waals surface area contributed by atoms with Crippen molar-refractivity contribution in [3.8, 4) is 0 Å². The van der Waals surface area contributed by atoms with Crippen LogP contribution in [0.15, 0.2) is 0 Å². The molecule has 0 aromatic carbocycles. The molecule has 0 radical (unpaired) electrons. The van der Waals surface area contributed by atoms with Gasteiger partial charge < -0.3 is 16.4 Å². The first-order valence-corrected chi connectivity index (χ1v) is 6.40. The summed E-state index contributed by atoms with van der Waals surface area (Å²) in [5, 5.41) is 6.33. The molecule has 1 rings (SSSR count). The van der Waals surface area contributed by atoms with Crippen LogP contribution in [0, 0.1) is 6.92 Å². The van der Waals surface area contributed by atoms with Gasteiger partial charge in [-0.15, -0.1) is 0 Å². The number of carbonyl (C=O) groups is 1. The van der Waals surface area contributed by atoms with Crippen molar-refractivity contribution in [2.75, 3.05) is 17.7 Å². The van der Waals surface area contributed by atoms with Gasteiger partial charge >= 0.3 is 0 Å². The van der Waals surface area contributed by atoms with Gasteiger partial charge in [0.1, 0.15) is 17.5 Å². The highest BCUT2D eigenvalue weighted by atomic mass is 16.1. The van der Waals surface area contributed by atoms with Crippen molar-refractivity contribution in [1.29, 1.82) is 0 Å². The minimum Gasteiger partial charge on any atom is -0.373 e. The van der Waals surface area contributed by atoms with E-state index in [2.05, 4.69) is 20.6 Å². The molecule has 0 spiro atoms. The highest BCUT2D eigenvalue weighted by Gasteiger charge is 2.22. The monoisotopic (exact) mass is 265 g/mol. The van der Waals surface area contributed by atoms with Crippen molar-refractivity contribution in [2.45, 2.75) is 46.1 Å². The zero-order chi connectivity index (χ0) is 14.6. The predicted octanol–water partition coefficient (Wildman–Crippen LogP) is 1.46. The number of nitrogens with two attached hydrogens (primary N) is 1. The van der Waals surface area contributed by atoms with Gasteiger partial charge in [-0.3, -0.25) is 4.79 Å². The Kier molecular flexibility index (Phi) is 4.69. The Bertz CT molecular complexity index is 470. The lowest BCUT2D eigenvalue weighted by Gasteiger charge is -2.27. The number of aryl methyl sites for hydroxylation is 1. The first-order chi connectivity index (χ1) is 8.79. The van der Waals surface area contributed by atoms with Crippen LogP contribution >= 0.6 is 0 Å². The van der Waals surface area contributed by atoms with Gasteiger partial charge in [0.25, 0.3) is 0 Å². The highest BCUT2D eigenvalue weighted by Crippen LogP contribution is 2.24. The summed E-state index contributed by atoms with van der Waals surface area (Å²) < 4.78 is 0. The zero-order valence-electron chi connectivity index (χ0n) is 12.3. The van der Waals surface area contributed by atoms with E-state index in [1.807, 2.05) is 34.7 Å². The van der Waals surface area contributed by atoms with Crippen LogP contribution in [0.5, 0.6) is 0 Å². The smallest absolute Gasteiger partial charge is 0.219 e. The van der Waals surface area contributed by atoms with Crippen molar-refractivity contribution in [1.82, 2.24) is 9.97 Å². The quantitative estimate of drug-likeness (QED) is 0.724. The Balaban J connectivity index is 3.09. The number of aromatic nitrogens is 2. The molecule has 0 aliphatic heterocycles. The fourth-order valence-electron chi connectivity index (χ4n) is 1.89. The van der Waals surface area contributed by atoms with Crippen LogP contribution in [-0.2, 0) is 11.2 Å². The maximum absolute atomic E-state index is 11.1. The Morgan fingerprint density at radius 3 is 2.37 bits per heavy atom. The van der Waals surface area contributed by atoms with Gasteiger partial charge in [0.15, 0.2) is 0 Å². The number of hydrogen-bond acceptors (Lipinski definition) is 5. The minimum atomic E-state index is -0.443. The zero-order valence-corrected chi connectivity index (χ0v) is 12.3. The maximum Gasteiger partial charge on any atom is 0.219 e. The van der Waals surface area contributed by atoms with Crippen molar-refractivity contribution in [3.63, 3.8) is 0 Å². The summed E-state index contributed by atoms with van der Waals surface area (Å²) in [6.07, 6.45) is 0.993. The van der Waals surface area contributed by atoms with Gasteiger partial charge in [-0.1, -0.05) is 6.92 Å². The van der Waals surface area contributed by atoms with Gasteiger partial charge in [-0.2, -0.15) is 0 Å². The molecule has 6 heteroatoms. The lowest BCUT2D eigenvalue weighted by atomic mass is 10.00. The van der Waals surface area contributed by atoms with E-state index >= 15 is 0 Å². The molecule has 1 heterocycles. The molecule has 0 aliphatic rings. The third-order valence-corrected chi connectivity index (χ3v) is 2.82. The number of primary amides is 1. The van der Waals surface area contributed by atoms with E-state index in [-0.39, 0.29) is 12.3 Å². The Labute approximate surface area is 114 Å². The Morgan fingerprint density at radius 2 is 1.89 bits per heavy atom. The van der Waals surface area contributed by atoms with E-state index < -0.39 is 5.54 Å². The van der Waals surface area contributed by atoms with Crippen molar-refractivity contribution < 1.29 is 4.79 Å². The van der Waals surface area contributed by atoms with E-state index in [0.29, 0.717) is 0 Å². The van der Waals surface area contributed by atoms with Crippen LogP contribution in [-0.4, -0.2) is 28.5 Å². The fraction of sp³-hybridized carbons (Fsp3) is 0.615. The van der Waals surface area contributed by atoms with E-state index in [1.165, 1.54) is 0 Å². The normalized spacial score (nSPS) is 11.2. The molecule has 19 heavy (non-hydrogen) atoms. The third kappa shape index (κ3) is 4.08. The highest BCUT2D eigenvalue weighted by molar-refractivity contribution is 5.75. The first kappa shape index (κ1) is 15.2. The standard InChI is InChI=1S/C13H23N5O/c1-6-10-16-11(15-5)8(2)12(17-10)18-13(3,4)7-9(14)19/h6-7H2,1-5H3,(H2,14,19)(H2,15,16,17,18). The van der Waals surface area contributed by atoms with Crippen molar-refractivity contribution in [3.05, 3.63) is 11.4 Å². The molecule has 1 aromatic heterocycles. The molecular formula is C13H23N5O. The maximum atomic E-state index is 11.1. The Hall–Kier alpha value is -1.85. The summed E-state index contributed by atoms with van der Waals surface area (Å²) in [4.78, 5) is 20.0. The van der Waals surface area contributed by atoms with Crippen molar-refractivity contribution >= 4 is 17.5 Å². The number of anilines is 2. The van der Waals surface area contributed by atoms with E-state index in [4.69, 9.17) is 5.73 Å². The molecule has 1 aromatic rings. The summed E-state index contributed by atoms with van der Waals surface area (Å²) in [5.74, 6) is 1.95. The largest absolute Gasteiger partial charge is 0.373 e. The summed E-state index contributed by atoms with van der Waals surface area (Å²) in [6.45, 7) is 7.78. The van der Waals surface area contributed by atoms with Crippen LogP contribution in [0.2, 0.25) is 0 Å². The molecule has 0 unspecified atom stereocenters. The lowest BCUT2D eigenvalue weighted by molar-refractivity contribution is -0.118. The van der Waals surface area contributed by atoms with Gasteiger partial charge in [0.2, 0.25) is 5.91 Å². The number of hydrogen-bond donors (Lipinski definition) is 3. The molecule has 0 bridgehead atoms. The van der Waals surface area contributed by atoms with Crippen molar-refractivity contribution in [2.24, 2.45) is 5.73 Å². The van der Waals surface area contributed by atoms with Gasteiger partial charge in [-0.05, 0) is 20.8 Å². The minimum absolute atomic E-state index is 0.243. The van der Waals surface area contributed by atoms with Gasteiger partial charge in [-0.25, -0.2) is 9.97 Å². The molecule has 0 saturated carbocycles. The topological polar surface area (TPSA) is 92.9 Å². The van der Waals surface area contributed by atoms with Crippen LogP contribution in [0.1, 0.15) is 38.6 Å². The average molecular weight is 265 g/mol. The summed E-state index contributed by atoms with van der Waals surface area (Å²) in [7, 11) is 1.83. The first-order valence-electron chi connectivity index (χ1n) is 6.40. The van der Waals surface area contributed by atoms with Gasteiger partial charge in [0.05, 0.1) is 0 Å². The summed E-state index contributed by atoms with van der Waals surface area (Å²) in [6, 6.07) is 0. The summed E-state index contributed by atoms with van der Waals surface area (Å²) >= 11 is 0. The molecular weight excluding hydrogens is 242 g/mol. The summed E-state index contributed by atoms with van der Waals surface area (Å²) in [5.41, 5.74) is 5.74. The SMILES string of the molecule is CCc1nc(NC)c(C)c(NC(C)(C)CC(N)=O)n1. The van der Waals surface area contributed by atoms with E-state index in [1.54, 1.807) is 0 Å². The molecule has 0 fully saturated rings. The third-order valence-electron chi connectivity index (χ3n) is 2.82. The Morgan fingerprint density at radius 1 is 1.32 bits per heavy atom.